The second-order valence-electron chi connectivity index (χ2n) is 6.31. The van der Waals surface area contributed by atoms with Crippen LogP contribution in [-0.4, -0.2) is 20.6 Å². The van der Waals surface area contributed by atoms with Gasteiger partial charge >= 0.3 is 0 Å². The highest BCUT2D eigenvalue weighted by Crippen LogP contribution is 2.32. The smallest absolute Gasteiger partial charge is 0.275 e. The first-order valence-corrected chi connectivity index (χ1v) is 9.56. The number of anilines is 1. The average molecular weight is 480 g/mol. The van der Waals surface area contributed by atoms with E-state index in [1.165, 1.54) is 22.9 Å². The summed E-state index contributed by atoms with van der Waals surface area (Å²) < 4.78 is 7.78. The fourth-order valence-electron chi connectivity index (χ4n) is 2.74. The van der Waals surface area contributed by atoms with Crippen molar-refractivity contribution in [1.29, 1.82) is 0 Å². The van der Waals surface area contributed by atoms with Crippen LogP contribution < -0.4 is 10.1 Å². The van der Waals surface area contributed by atoms with Gasteiger partial charge in [0.2, 0.25) is 0 Å². The molecule has 0 unspecified atom stereocenters. The Balaban J connectivity index is 1.94. The first-order valence-electron chi connectivity index (χ1n) is 8.39. The minimum atomic E-state index is -0.554. The number of amides is 1. The van der Waals surface area contributed by atoms with E-state index in [4.69, 9.17) is 16.3 Å². The molecule has 10 heteroatoms. The van der Waals surface area contributed by atoms with E-state index >= 15 is 0 Å². The van der Waals surface area contributed by atoms with Gasteiger partial charge in [-0.2, -0.15) is 5.10 Å². The molecule has 0 fully saturated rings. The third-order valence-electron chi connectivity index (χ3n) is 4.09. The quantitative estimate of drug-likeness (QED) is 0.390. The molecule has 0 radical (unpaired) electrons. The Bertz CT molecular complexity index is 1130. The van der Waals surface area contributed by atoms with E-state index in [0.717, 1.165) is 5.56 Å². The van der Waals surface area contributed by atoms with Crippen molar-refractivity contribution in [1.82, 2.24) is 9.78 Å². The fourth-order valence-corrected chi connectivity index (χ4v) is 3.49. The van der Waals surface area contributed by atoms with Gasteiger partial charge in [-0.3, -0.25) is 19.6 Å². The van der Waals surface area contributed by atoms with E-state index in [1.807, 2.05) is 6.92 Å². The SMILES string of the molecule is Cc1cc(Cl)ccc1Oc1cc(NC(=O)c2c(Br)c(C)nn2C)cc([N+](=O)[O-])c1. The van der Waals surface area contributed by atoms with Crippen molar-refractivity contribution in [2.45, 2.75) is 13.8 Å². The molecule has 3 aromatic rings. The fraction of sp³-hybridized carbons (Fsp3) is 0.158. The number of benzene rings is 2. The predicted molar refractivity (Wildman–Crippen MR) is 113 cm³/mol. The lowest BCUT2D eigenvalue weighted by atomic mass is 10.2. The van der Waals surface area contributed by atoms with Crippen LogP contribution in [0.15, 0.2) is 40.9 Å². The van der Waals surface area contributed by atoms with Gasteiger partial charge in [-0.15, -0.1) is 0 Å². The van der Waals surface area contributed by atoms with Gasteiger partial charge in [0.1, 0.15) is 17.2 Å². The summed E-state index contributed by atoms with van der Waals surface area (Å²) in [5.41, 5.74) is 1.72. The van der Waals surface area contributed by atoms with Gasteiger partial charge in [-0.05, 0) is 53.5 Å². The summed E-state index contributed by atoms with van der Waals surface area (Å²) in [6.45, 7) is 3.57. The Morgan fingerprint density at radius 1 is 1.28 bits per heavy atom. The molecular weight excluding hydrogens is 464 g/mol. The molecule has 0 aliphatic rings. The first-order chi connectivity index (χ1) is 13.7. The third-order valence-corrected chi connectivity index (χ3v) is 5.27. The maximum Gasteiger partial charge on any atom is 0.275 e. The molecule has 0 atom stereocenters. The van der Waals surface area contributed by atoms with E-state index in [1.54, 1.807) is 32.2 Å². The topological polar surface area (TPSA) is 99.3 Å². The summed E-state index contributed by atoms with van der Waals surface area (Å²) in [7, 11) is 1.64. The number of ether oxygens (including phenoxy) is 1. The lowest BCUT2D eigenvalue weighted by molar-refractivity contribution is -0.384. The molecule has 0 aliphatic heterocycles. The van der Waals surface area contributed by atoms with Gasteiger partial charge in [0.05, 0.1) is 26.8 Å². The number of hydrogen-bond acceptors (Lipinski definition) is 5. The number of aryl methyl sites for hydroxylation is 3. The summed E-state index contributed by atoms with van der Waals surface area (Å²) in [6.07, 6.45) is 0. The summed E-state index contributed by atoms with van der Waals surface area (Å²) >= 11 is 9.29. The van der Waals surface area contributed by atoms with Crippen molar-refractivity contribution in [2.75, 3.05) is 5.32 Å². The van der Waals surface area contributed by atoms with Crippen molar-refractivity contribution in [3.8, 4) is 11.5 Å². The van der Waals surface area contributed by atoms with E-state index in [-0.39, 0.29) is 17.1 Å². The molecule has 0 saturated heterocycles. The van der Waals surface area contributed by atoms with Gasteiger partial charge in [0.15, 0.2) is 0 Å². The second-order valence-corrected chi connectivity index (χ2v) is 7.54. The largest absolute Gasteiger partial charge is 0.457 e. The number of nitrogens with zero attached hydrogens (tertiary/aromatic N) is 3. The lowest BCUT2D eigenvalue weighted by Gasteiger charge is -2.11. The van der Waals surface area contributed by atoms with Crippen molar-refractivity contribution in [3.05, 3.63) is 73.0 Å². The van der Waals surface area contributed by atoms with Crippen molar-refractivity contribution in [3.63, 3.8) is 0 Å². The highest BCUT2D eigenvalue weighted by molar-refractivity contribution is 9.10. The van der Waals surface area contributed by atoms with E-state index in [2.05, 4.69) is 26.3 Å². The van der Waals surface area contributed by atoms with E-state index in [9.17, 15) is 14.9 Å². The molecule has 8 nitrogen and oxygen atoms in total. The Labute approximate surface area is 179 Å². The molecule has 29 heavy (non-hydrogen) atoms. The molecule has 3 rings (SSSR count). The van der Waals surface area contributed by atoms with Gasteiger partial charge in [0.25, 0.3) is 11.6 Å². The highest BCUT2D eigenvalue weighted by Gasteiger charge is 2.20. The zero-order chi connectivity index (χ0) is 21.3. The average Bonchev–Trinajstić information content (AvgIpc) is 2.89. The number of nitro groups is 1. The first kappa shape index (κ1) is 20.8. The zero-order valence-electron chi connectivity index (χ0n) is 15.7. The van der Waals surface area contributed by atoms with Crippen molar-refractivity contribution < 1.29 is 14.5 Å². The van der Waals surface area contributed by atoms with Crippen LogP contribution in [0.25, 0.3) is 0 Å². The Hall–Kier alpha value is -2.91. The molecule has 0 spiro atoms. The number of carbonyl (C=O) groups excluding carboxylic acids is 1. The van der Waals surface area contributed by atoms with Crippen LogP contribution >= 0.6 is 27.5 Å². The van der Waals surface area contributed by atoms with Crippen LogP contribution in [0, 0.1) is 24.0 Å². The molecule has 0 bridgehead atoms. The molecular formula is C19H16BrClN4O4. The van der Waals surface area contributed by atoms with Gasteiger partial charge in [0, 0.05) is 24.2 Å². The maximum absolute atomic E-state index is 12.7. The Kier molecular flexibility index (Phi) is 5.90. The van der Waals surface area contributed by atoms with Crippen LogP contribution in [0.3, 0.4) is 0 Å². The third kappa shape index (κ3) is 4.57. The number of carbonyl (C=O) groups is 1. The summed E-state index contributed by atoms with van der Waals surface area (Å²) in [5, 5.41) is 18.7. The number of nitrogens with one attached hydrogen (secondary N) is 1. The van der Waals surface area contributed by atoms with Gasteiger partial charge in [-0.1, -0.05) is 11.6 Å². The molecule has 1 heterocycles. The highest BCUT2D eigenvalue weighted by atomic mass is 79.9. The van der Waals surface area contributed by atoms with Crippen LogP contribution in [0.2, 0.25) is 5.02 Å². The minimum Gasteiger partial charge on any atom is -0.457 e. The van der Waals surface area contributed by atoms with Gasteiger partial charge in [-0.25, -0.2) is 0 Å². The molecule has 1 aromatic heterocycles. The van der Waals surface area contributed by atoms with Gasteiger partial charge < -0.3 is 10.1 Å². The van der Waals surface area contributed by atoms with Crippen LogP contribution in [0.5, 0.6) is 11.5 Å². The summed E-state index contributed by atoms with van der Waals surface area (Å²) in [6, 6.07) is 9.11. The van der Waals surface area contributed by atoms with Crippen LogP contribution in [-0.2, 0) is 7.05 Å². The number of nitro benzene ring substituents is 1. The van der Waals surface area contributed by atoms with Crippen LogP contribution in [0.1, 0.15) is 21.7 Å². The zero-order valence-corrected chi connectivity index (χ0v) is 18.0. The monoisotopic (exact) mass is 478 g/mol. The Morgan fingerprint density at radius 3 is 2.59 bits per heavy atom. The minimum absolute atomic E-state index is 0.208. The van der Waals surface area contributed by atoms with E-state index in [0.29, 0.717) is 26.6 Å². The van der Waals surface area contributed by atoms with Crippen LogP contribution in [0.4, 0.5) is 11.4 Å². The summed E-state index contributed by atoms with van der Waals surface area (Å²) in [4.78, 5) is 23.5. The molecule has 150 valence electrons. The molecule has 0 saturated carbocycles. The number of non-ortho nitro benzene ring substituents is 1. The maximum atomic E-state index is 12.7. The summed E-state index contributed by atoms with van der Waals surface area (Å²) in [5.74, 6) is 0.242. The molecule has 2 aromatic carbocycles. The lowest BCUT2D eigenvalue weighted by Crippen LogP contribution is -2.16. The molecule has 1 N–H and O–H groups in total. The van der Waals surface area contributed by atoms with E-state index < -0.39 is 10.8 Å². The number of halogens is 2. The Morgan fingerprint density at radius 2 is 2.00 bits per heavy atom. The van der Waals surface area contributed by atoms with Crippen molar-refractivity contribution in [2.24, 2.45) is 7.05 Å². The molecule has 0 aliphatic carbocycles. The normalized spacial score (nSPS) is 10.7. The van der Waals surface area contributed by atoms with Crippen molar-refractivity contribution >= 4 is 44.8 Å². The standard InChI is InChI=1S/C19H16BrClN4O4/c1-10-6-12(21)4-5-16(10)29-15-8-13(7-14(9-15)25(27)28)22-19(26)18-17(20)11(2)23-24(18)3/h4-9H,1-3H3,(H,22,26). The molecule has 1 amide bonds. The number of rotatable bonds is 5. The second kappa shape index (κ2) is 8.22. The predicted octanol–water partition coefficient (Wildman–Crippen LogP) is 5.41. The number of hydrogen-bond donors (Lipinski definition) is 1. The number of aromatic nitrogens is 2.